The van der Waals surface area contributed by atoms with Gasteiger partial charge in [0.05, 0.1) is 5.02 Å². The highest BCUT2D eigenvalue weighted by Crippen LogP contribution is 2.39. The van der Waals surface area contributed by atoms with Crippen LogP contribution in [0.5, 0.6) is 0 Å². The van der Waals surface area contributed by atoms with Crippen LogP contribution < -0.4 is 5.32 Å². The molecule has 1 N–H and O–H groups in total. The van der Waals surface area contributed by atoms with E-state index in [0.717, 1.165) is 24.6 Å². The van der Waals surface area contributed by atoms with Gasteiger partial charge in [0, 0.05) is 12.6 Å². The Morgan fingerprint density at radius 2 is 1.95 bits per heavy atom. The van der Waals surface area contributed by atoms with E-state index < -0.39 is 0 Å². The van der Waals surface area contributed by atoms with Crippen LogP contribution in [0.3, 0.4) is 0 Å². The highest BCUT2D eigenvalue weighted by atomic mass is 35.5. The average molecular weight is 296 g/mol. The topological polar surface area (TPSA) is 12.0 Å². The van der Waals surface area contributed by atoms with Crippen molar-refractivity contribution in [3.8, 4) is 0 Å². The van der Waals surface area contributed by atoms with Crippen molar-refractivity contribution in [3.05, 3.63) is 34.6 Å². The van der Waals surface area contributed by atoms with E-state index in [9.17, 15) is 4.39 Å². The molecule has 2 aliphatic rings. The normalized spacial score (nSPS) is 21.9. The molecule has 0 amide bonds. The maximum atomic E-state index is 13.6. The molecule has 0 heterocycles. The Kier molecular flexibility index (Phi) is 4.32. The van der Waals surface area contributed by atoms with Crippen molar-refractivity contribution in [2.24, 2.45) is 5.41 Å². The van der Waals surface area contributed by atoms with Crippen molar-refractivity contribution < 1.29 is 4.39 Å². The minimum atomic E-state index is -0.287. The van der Waals surface area contributed by atoms with Gasteiger partial charge in [-0.05, 0) is 55.2 Å². The summed E-state index contributed by atoms with van der Waals surface area (Å²) in [6.45, 7) is 1.09. The molecule has 0 aliphatic heterocycles. The predicted octanol–water partition coefficient (Wildman–Crippen LogP) is 4.72. The quantitative estimate of drug-likeness (QED) is 0.828. The summed E-state index contributed by atoms with van der Waals surface area (Å²) >= 11 is 5.78. The average Bonchev–Trinajstić information content (AvgIpc) is 3.26. The molecule has 1 aromatic rings. The standard InChI is InChI=1S/C17H23ClFN/c18-15-7-4-13(10-16(15)19)11-17(8-2-1-3-9-17)12-20-14-5-6-14/h4,7,10,14,20H,1-3,5-6,8-9,11-12H2. The molecule has 2 saturated carbocycles. The number of hydrogen-bond acceptors (Lipinski definition) is 1. The number of halogens is 2. The fourth-order valence-corrected chi connectivity index (χ4v) is 3.57. The van der Waals surface area contributed by atoms with Gasteiger partial charge in [-0.1, -0.05) is 36.9 Å². The van der Waals surface area contributed by atoms with Crippen LogP contribution in [0.25, 0.3) is 0 Å². The van der Waals surface area contributed by atoms with E-state index in [2.05, 4.69) is 5.32 Å². The molecule has 0 radical (unpaired) electrons. The van der Waals surface area contributed by atoms with Crippen LogP contribution in [0, 0.1) is 11.2 Å². The Bertz CT molecular complexity index is 464. The summed E-state index contributed by atoms with van der Waals surface area (Å²) in [5, 5.41) is 3.92. The summed E-state index contributed by atoms with van der Waals surface area (Å²) < 4.78 is 13.6. The zero-order valence-electron chi connectivity index (χ0n) is 11.9. The van der Waals surface area contributed by atoms with Gasteiger partial charge in [0.2, 0.25) is 0 Å². The Morgan fingerprint density at radius 1 is 1.20 bits per heavy atom. The Morgan fingerprint density at radius 3 is 2.60 bits per heavy atom. The van der Waals surface area contributed by atoms with Crippen LogP contribution in [-0.2, 0) is 6.42 Å². The van der Waals surface area contributed by atoms with Gasteiger partial charge in [-0.2, -0.15) is 0 Å². The van der Waals surface area contributed by atoms with E-state index in [1.807, 2.05) is 6.07 Å². The Hall–Kier alpha value is -0.600. The molecule has 0 unspecified atom stereocenters. The second-order valence-electron chi connectivity index (χ2n) is 6.64. The summed E-state index contributed by atoms with van der Waals surface area (Å²) in [7, 11) is 0. The molecule has 2 fully saturated rings. The summed E-state index contributed by atoms with van der Waals surface area (Å²) in [6, 6.07) is 6.04. The summed E-state index contributed by atoms with van der Waals surface area (Å²) in [4.78, 5) is 0. The smallest absolute Gasteiger partial charge is 0.142 e. The van der Waals surface area contributed by atoms with E-state index >= 15 is 0 Å². The van der Waals surface area contributed by atoms with Gasteiger partial charge in [0.1, 0.15) is 5.82 Å². The van der Waals surface area contributed by atoms with Crippen LogP contribution in [0.1, 0.15) is 50.5 Å². The van der Waals surface area contributed by atoms with Gasteiger partial charge in [-0.3, -0.25) is 0 Å². The molecule has 110 valence electrons. The van der Waals surface area contributed by atoms with Gasteiger partial charge in [0.25, 0.3) is 0 Å². The van der Waals surface area contributed by atoms with Gasteiger partial charge >= 0.3 is 0 Å². The molecular weight excluding hydrogens is 273 g/mol. The number of hydrogen-bond donors (Lipinski definition) is 1. The second kappa shape index (κ2) is 6.03. The fourth-order valence-electron chi connectivity index (χ4n) is 3.45. The number of benzene rings is 1. The van der Waals surface area contributed by atoms with Crippen LogP contribution >= 0.6 is 11.6 Å². The first kappa shape index (κ1) is 14.3. The molecule has 20 heavy (non-hydrogen) atoms. The lowest BCUT2D eigenvalue weighted by atomic mass is 9.70. The van der Waals surface area contributed by atoms with Crippen molar-refractivity contribution in [2.45, 2.75) is 57.4 Å². The first-order chi connectivity index (χ1) is 9.67. The molecular formula is C17H23ClFN. The van der Waals surface area contributed by atoms with Crippen molar-refractivity contribution in [2.75, 3.05) is 6.54 Å². The molecule has 1 aromatic carbocycles. The van der Waals surface area contributed by atoms with Crippen molar-refractivity contribution in [3.63, 3.8) is 0 Å². The van der Waals surface area contributed by atoms with E-state index in [-0.39, 0.29) is 10.8 Å². The zero-order valence-corrected chi connectivity index (χ0v) is 12.7. The molecule has 0 saturated heterocycles. The summed E-state index contributed by atoms with van der Waals surface area (Å²) in [5.41, 5.74) is 1.41. The molecule has 0 aromatic heterocycles. The van der Waals surface area contributed by atoms with Crippen molar-refractivity contribution in [1.82, 2.24) is 5.32 Å². The van der Waals surface area contributed by atoms with Crippen molar-refractivity contribution >= 4 is 11.6 Å². The van der Waals surface area contributed by atoms with E-state index in [1.54, 1.807) is 12.1 Å². The monoisotopic (exact) mass is 295 g/mol. The third kappa shape index (κ3) is 3.53. The van der Waals surface area contributed by atoms with Gasteiger partial charge in [0.15, 0.2) is 0 Å². The fraction of sp³-hybridized carbons (Fsp3) is 0.647. The molecule has 2 aliphatic carbocycles. The van der Waals surface area contributed by atoms with Crippen LogP contribution in [0.4, 0.5) is 4.39 Å². The van der Waals surface area contributed by atoms with Crippen LogP contribution in [0.15, 0.2) is 18.2 Å². The molecule has 3 heteroatoms. The maximum Gasteiger partial charge on any atom is 0.142 e. The molecule has 0 atom stereocenters. The minimum Gasteiger partial charge on any atom is -0.313 e. The largest absolute Gasteiger partial charge is 0.313 e. The van der Waals surface area contributed by atoms with E-state index in [4.69, 9.17) is 11.6 Å². The highest BCUT2D eigenvalue weighted by molar-refractivity contribution is 6.30. The summed E-state index contributed by atoms with van der Waals surface area (Å²) in [5.74, 6) is -0.287. The maximum absolute atomic E-state index is 13.6. The Balaban J connectivity index is 1.71. The van der Waals surface area contributed by atoms with Crippen LogP contribution in [0.2, 0.25) is 5.02 Å². The Labute approximate surface area is 125 Å². The van der Waals surface area contributed by atoms with Gasteiger partial charge in [-0.15, -0.1) is 0 Å². The molecule has 0 bridgehead atoms. The lowest BCUT2D eigenvalue weighted by molar-refractivity contribution is 0.180. The van der Waals surface area contributed by atoms with Crippen molar-refractivity contribution in [1.29, 1.82) is 0 Å². The first-order valence-electron chi connectivity index (χ1n) is 7.84. The first-order valence-corrected chi connectivity index (χ1v) is 8.22. The molecule has 0 spiro atoms. The summed E-state index contributed by atoms with van der Waals surface area (Å²) in [6.07, 6.45) is 10.1. The van der Waals surface area contributed by atoms with E-state index in [1.165, 1.54) is 44.9 Å². The van der Waals surface area contributed by atoms with Gasteiger partial charge in [-0.25, -0.2) is 4.39 Å². The third-order valence-electron chi connectivity index (χ3n) is 4.82. The number of rotatable bonds is 5. The predicted molar refractivity (Wildman–Crippen MR) is 81.7 cm³/mol. The van der Waals surface area contributed by atoms with Crippen LogP contribution in [-0.4, -0.2) is 12.6 Å². The molecule has 1 nitrogen and oxygen atoms in total. The molecule has 3 rings (SSSR count). The number of nitrogens with one attached hydrogen (secondary N) is 1. The SMILES string of the molecule is Fc1cc(CC2(CNC3CC3)CCCCC2)ccc1Cl. The third-order valence-corrected chi connectivity index (χ3v) is 5.13. The second-order valence-corrected chi connectivity index (χ2v) is 7.05. The van der Waals surface area contributed by atoms with E-state index in [0.29, 0.717) is 5.41 Å². The zero-order chi connectivity index (χ0) is 14.0. The lowest BCUT2D eigenvalue weighted by Crippen LogP contribution is -2.38. The minimum absolute atomic E-state index is 0.225. The highest BCUT2D eigenvalue weighted by Gasteiger charge is 2.34. The van der Waals surface area contributed by atoms with Gasteiger partial charge < -0.3 is 5.32 Å². The lowest BCUT2D eigenvalue weighted by Gasteiger charge is -2.38.